The van der Waals surface area contributed by atoms with Crippen LogP contribution in [0.3, 0.4) is 0 Å². The molecule has 0 aliphatic rings. The van der Waals surface area contributed by atoms with Crippen LogP contribution in [0.5, 0.6) is 0 Å². The van der Waals surface area contributed by atoms with Gasteiger partial charge in [0.05, 0.1) is 17.5 Å². The first-order chi connectivity index (χ1) is 7.00. The largest absolute Gasteiger partial charge is 0.393 e. The summed E-state index contributed by atoms with van der Waals surface area (Å²) in [6.45, 7) is 2.21. The zero-order valence-corrected chi connectivity index (χ0v) is 11.3. The lowest BCUT2D eigenvalue weighted by atomic mass is 10.1. The summed E-state index contributed by atoms with van der Waals surface area (Å²) in [5, 5.41) is 4.75. The van der Waals surface area contributed by atoms with Gasteiger partial charge in [0.1, 0.15) is 0 Å². The van der Waals surface area contributed by atoms with Crippen LogP contribution in [0.15, 0.2) is 15.9 Å². The van der Waals surface area contributed by atoms with Gasteiger partial charge in [-0.15, -0.1) is 11.3 Å². The number of thiophene rings is 1. The zero-order valence-electron chi connectivity index (χ0n) is 8.12. The van der Waals surface area contributed by atoms with Gasteiger partial charge in [0, 0.05) is 14.7 Å². The molecule has 0 aliphatic heterocycles. The Hall–Kier alpha value is -0.460. The highest BCUT2D eigenvalue weighted by Crippen LogP contribution is 2.19. The number of amides is 1. The fourth-order valence-corrected chi connectivity index (χ4v) is 2.40. The summed E-state index contributed by atoms with van der Waals surface area (Å²) in [4.78, 5) is 12.8. The summed E-state index contributed by atoms with van der Waals surface area (Å²) < 4.78 is 1.03. The number of hydrogen-bond donors (Lipinski definition) is 2. The first-order valence-corrected chi connectivity index (χ1v) is 6.38. The lowest BCUT2D eigenvalue weighted by Crippen LogP contribution is -2.35. The quantitative estimate of drug-likeness (QED) is 0.837. The maximum atomic E-state index is 11.5. The van der Waals surface area contributed by atoms with Gasteiger partial charge in [0.25, 0.3) is 0 Å². The van der Waals surface area contributed by atoms with Crippen molar-refractivity contribution in [3.63, 3.8) is 0 Å². The van der Waals surface area contributed by atoms with Crippen LogP contribution < -0.4 is 11.1 Å². The molecule has 1 rings (SSSR count). The maximum absolute atomic E-state index is 11.5. The molecule has 0 spiro atoms. The number of halogens is 1. The van der Waals surface area contributed by atoms with E-state index in [1.165, 1.54) is 0 Å². The summed E-state index contributed by atoms with van der Waals surface area (Å²) in [5.41, 5.74) is 5.38. The number of nitrogens with one attached hydrogen (secondary N) is 1. The number of thiocarbonyl (C=S) groups is 1. The number of rotatable bonds is 4. The minimum atomic E-state index is -0.414. The van der Waals surface area contributed by atoms with Crippen molar-refractivity contribution in [3.8, 4) is 0 Å². The van der Waals surface area contributed by atoms with Crippen LogP contribution in [-0.2, 0) is 11.3 Å². The molecule has 3 nitrogen and oxygen atoms in total. The van der Waals surface area contributed by atoms with Crippen LogP contribution in [-0.4, -0.2) is 10.9 Å². The van der Waals surface area contributed by atoms with Crippen LogP contribution in [0.25, 0.3) is 0 Å². The van der Waals surface area contributed by atoms with Crippen LogP contribution in [0, 0.1) is 5.92 Å². The maximum Gasteiger partial charge on any atom is 0.229 e. The molecule has 1 atom stereocenters. The van der Waals surface area contributed by atoms with Crippen molar-refractivity contribution >= 4 is 50.4 Å². The summed E-state index contributed by atoms with van der Waals surface area (Å²) in [5.74, 6) is -0.546. The Morgan fingerprint density at radius 2 is 2.47 bits per heavy atom. The second-order valence-corrected chi connectivity index (χ2v) is 5.46. The van der Waals surface area contributed by atoms with E-state index < -0.39 is 5.92 Å². The SMILES string of the molecule is CC(C(=O)NCc1cc(Br)cs1)C(N)=S. The van der Waals surface area contributed by atoms with Gasteiger partial charge in [-0.05, 0) is 28.9 Å². The smallest absolute Gasteiger partial charge is 0.229 e. The summed E-state index contributed by atoms with van der Waals surface area (Å²) in [7, 11) is 0. The van der Waals surface area contributed by atoms with E-state index in [9.17, 15) is 4.79 Å². The number of carbonyl (C=O) groups is 1. The molecule has 1 heterocycles. The molecule has 6 heteroatoms. The molecule has 82 valence electrons. The predicted molar refractivity (Wildman–Crippen MR) is 69.8 cm³/mol. The van der Waals surface area contributed by atoms with E-state index in [1.54, 1.807) is 18.3 Å². The molecule has 0 aromatic carbocycles. The molecule has 1 amide bonds. The molecule has 0 fully saturated rings. The Labute approximate surface area is 106 Å². The minimum absolute atomic E-state index is 0.132. The average molecular weight is 307 g/mol. The van der Waals surface area contributed by atoms with E-state index in [4.69, 9.17) is 18.0 Å². The molecule has 0 saturated heterocycles. The lowest BCUT2D eigenvalue weighted by molar-refractivity contribution is -0.122. The van der Waals surface area contributed by atoms with Crippen molar-refractivity contribution in [2.24, 2.45) is 11.7 Å². The van der Waals surface area contributed by atoms with Crippen LogP contribution in [0.4, 0.5) is 0 Å². The molecule has 1 unspecified atom stereocenters. The van der Waals surface area contributed by atoms with Crippen LogP contribution >= 0.6 is 39.5 Å². The minimum Gasteiger partial charge on any atom is -0.393 e. The van der Waals surface area contributed by atoms with Gasteiger partial charge in [-0.3, -0.25) is 4.79 Å². The Morgan fingerprint density at radius 1 is 1.80 bits per heavy atom. The second kappa shape index (κ2) is 5.58. The van der Waals surface area contributed by atoms with Crippen LogP contribution in [0.2, 0.25) is 0 Å². The highest BCUT2D eigenvalue weighted by molar-refractivity contribution is 9.10. The standard InChI is InChI=1S/C9H11BrN2OS2/c1-5(8(11)14)9(13)12-3-7-2-6(10)4-15-7/h2,4-5H,3H2,1H3,(H2,11,14)(H,12,13). The van der Waals surface area contributed by atoms with Gasteiger partial charge < -0.3 is 11.1 Å². The first-order valence-electron chi connectivity index (χ1n) is 4.30. The van der Waals surface area contributed by atoms with Crippen LogP contribution in [0.1, 0.15) is 11.8 Å². The van der Waals surface area contributed by atoms with Crippen molar-refractivity contribution in [3.05, 3.63) is 20.8 Å². The van der Waals surface area contributed by atoms with Crippen molar-refractivity contribution < 1.29 is 4.79 Å². The van der Waals surface area contributed by atoms with Crippen molar-refractivity contribution in [2.75, 3.05) is 0 Å². The van der Waals surface area contributed by atoms with Crippen molar-refractivity contribution in [2.45, 2.75) is 13.5 Å². The molecule has 0 radical (unpaired) electrons. The summed E-state index contributed by atoms with van der Waals surface area (Å²) in [6.07, 6.45) is 0. The number of hydrogen-bond acceptors (Lipinski definition) is 3. The third-order valence-corrected chi connectivity index (χ3v) is 3.93. The first kappa shape index (κ1) is 12.6. The van der Waals surface area contributed by atoms with E-state index >= 15 is 0 Å². The van der Waals surface area contributed by atoms with Gasteiger partial charge in [-0.25, -0.2) is 0 Å². The average Bonchev–Trinajstić information content (AvgIpc) is 2.59. The van der Waals surface area contributed by atoms with E-state index in [2.05, 4.69) is 21.2 Å². The molecule has 15 heavy (non-hydrogen) atoms. The molecular weight excluding hydrogens is 296 g/mol. The Morgan fingerprint density at radius 3 is 2.93 bits per heavy atom. The van der Waals surface area contributed by atoms with E-state index in [1.807, 2.05) is 11.4 Å². The molecular formula is C9H11BrN2OS2. The monoisotopic (exact) mass is 306 g/mol. The number of nitrogens with two attached hydrogens (primary N) is 1. The fourth-order valence-electron chi connectivity index (χ4n) is 0.903. The van der Waals surface area contributed by atoms with Gasteiger partial charge in [0.2, 0.25) is 5.91 Å². The Balaban J connectivity index is 2.44. The molecule has 1 aromatic rings. The summed E-state index contributed by atoms with van der Waals surface area (Å²) in [6, 6.07) is 1.97. The van der Waals surface area contributed by atoms with Gasteiger partial charge in [-0.1, -0.05) is 12.2 Å². The van der Waals surface area contributed by atoms with Gasteiger partial charge in [-0.2, -0.15) is 0 Å². The molecule has 1 aromatic heterocycles. The van der Waals surface area contributed by atoms with Gasteiger partial charge in [0.15, 0.2) is 0 Å². The number of carbonyl (C=O) groups excluding carboxylic acids is 1. The summed E-state index contributed by atoms with van der Waals surface area (Å²) >= 11 is 9.68. The zero-order chi connectivity index (χ0) is 11.4. The highest BCUT2D eigenvalue weighted by atomic mass is 79.9. The Bertz CT molecular complexity index is 378. The van der Waals surface area contributed by atoms with E-state index in [0.717, 1.165) is 9.35 Å². The Kier molecular flexibility index (Phi) is 4.69. The topological polar surface area (TPSA) is 55.1 Å². The van der Waals surface area contributed by atoms with Crippen molar-refractivity contribution in [1.29, 1.82) is 0 Å². The molecule has 3 N–H and O–H groups in total. The van der Waals surface area contributed by atoms with E-state index in [-0.39, 0.29) is 10.9 Å². The predicted octanol–water partition coefficient (Wildman–Crippen LogP) is 2.05. The molecule has 0 bridgehead atoms. The van der Waals surface area contributed by atoms with E-state index in [0.29, 0.717) is 6.54 Å². The highest BCUT2D eigenvalue weighted by Gasteiger charge is 2.14. The molecule has 0 saturated carbocycles. The molecule has 0 aliphatic carbocycles. The second-order valence-electron chi connectivity index (χ2n) is 3.07. The van der Waals surface area contributed by atoms with Crippen molar-refractivity contribution in [1.82, 2.24) is 5.32 Å². The lowest BCUT2D eigenvalue weighted by Gasteiger charge is -2.09. The normalized spacial score (nSPS) is 12.1. The fraction of sp³-hybridized carbons (Fsp3) is 0.333. The third kappa shape index (κ3) is 3.89. The van der Waals surface area contributed by atoms with Gasteiger partial charge >= 0.3 is 0 Å². The third-order valence-electron chi connectivity index (χ3n) is 1.88.